The highest BCUT2D eigenvalue weighted by molar-refractivity contribution is 6.62. The van der Waals surface area contributed by atoms with E-state index in [2.05, 4.69) is 5.32 Å². The van der Waals surface area contributed by atoms with Gasteiger partial charge in [-0.15, -0.1) is 0 Å². The fourth-order valence-corrected chi connectivity index (χ4v) is 3.76. The second-order valence-corrected chi connectivity index (χ2v) is 8.52. The molecule has 2 saturated heterocycles. The van der Waals surface area contributed by atoms with Crippen LogP contribution in [-0.4, -0.2) is 47.0 Å². The van der Waals surface area contributed by atoms with Crippen LogP contribution in [0.4, 0.5) is 4.39 Å². The molecule has 1 N–H and O–H groups in total. The molecule has 9 heteroatoms. The molecule has 3 heterocycles. The lowest BCUT2D eigenvalue weighted by atomic mass is 9.77. The van der Waals surface area contributed by atoms with Crippen LogP contribution in [0.2, 0.25) is 0 Å². The van der Waals surface area contributed by atoms with Gasteiger partial charge in [-0.05, 0) is 45.7 Å². The van der Waals surface area contributed by atoms with Crippen molar-refractivity contribution in [1.29, 1.82) is 0 Å². The van der Waals surface area contributed by atoms with E-state index in [1.807, 2.05) is 27.7 Å². The monoisotopic (exact) mass is 388 g/mol. The maximum atomic E-state index is 14.8. The number of hydrogen-bond acceptors (Lipinski definition) is 5. The van der Waals surface area contributed by atoms with Crippen molar-refractivity contribution in [3.8, 4) is 0 Å². The fraction of sp³-hybridized carbons (Fsp3) is 0.526. The SMILES string of the molecule is CC1(C)OB(c2cc3c(cc2F)C(=O)N(C2CCC(=O)NC2=O)C3)OC1(C)C. The third-order valence-electron chi connectivity index (χ3n) is 6.15. The van der Waals surface area contributed by atoms with E-state index in [9.17, 15) is 18.8 Å². The first kappa shape index (κ1) is 19.1. The summed E-state index contributed by atoms with van der Waals surface area (Å²) >= 11 is 0. The van der Waals surface area contributed by atoms with Crippen LogP contribution in [0.1, 0.15) is 56.5 Å². The number of halogens is 1. The molecule has 7 nitrogen and oxygen atoms in total. The number of imide groups is 1. The topological polar surface area (TPSA) is 84.9 Å². The van der Waals surface area contributed by atoms with Crippen LogP contribution in [0.15, 0.2) is 12.1 Å². The molecular weight excluding hydrogens is 366 g/mol. The Balaban J connectivity index is 1.62. The minimum absolute atomic E-state index is 0.171. The first-order valence-corrected chi connectivity index (χ1v) is 9.33. The molecule has 0 spiro atoms. The van der Waals surface area contributed by atoms with Crippen molar-refractivity contribution in [2.45, 2.75) is 64.3 Å². The maximum absolute atomic E-state index is 14.8. The van der Waals surface area contributed by atoms with Gasteiger partial charge < -0.3 is 14.2 Å². The van der Waals surface area contributed by atoms with E-state index in [0.29, 0.717) is 5.56 Å². The molecule has 0 aliphatic carbocycles. The molecule has 1 atom stereocenters. The molecule has 0 bridgehead atoms. The zero-order valence-electron chi connectivity index (χ0n) is 16.3. The van der Waals surface area contributed by atoms with Crippen LogP contribution in [0, 0.1) is 5.82 Å². The summed E-state index contributed by atoms with van der Waals surface area (Å²) in [6.07, 6.45) is 0.432. The first-order valence-electron chi connectivity index (χ1n) is 9.33. The van der Waals surface area contributed by atoms with Crippen LogP contribution in [0.25, 0.3) is 0 Å². The molecule has 1 unspecified atom stereocenters. The summed E-state index contributed by atoms with van der Waals surface area (Å²) in [4.78, 5) is 37.6. The summed E-state index contributed by atoms with van der Waals surface area (Å²) in [5, 5.41) is 2.25. The molecule has 0 saturated carbocycles. The van der Waals surface area contributed by atoms with Crippen molar-refractivity contribution in [3.63, 3.8) is 0 Å². The Labute approximate surface area is 162 Å². The first-order chi connectivity index (χ1) is 13.0. The number of hydrogen-bond donors (Lipinski definition) is 1. The van der Waals surface area contributed by atoms with Crippen molar-refractivity contribution in [3.05, 3.63) is 29.1 Å². The minimum atomic E-state index is -0.880. The highest BCUT2D eigenvalue weighted by atomic mass is 19.1. The van der Waals surface area contributed by atoms with Gasteiger partial charge in [0.1, 0.15) is 11.9 Å². The predicted molar refractivity (Wildman–Crippen MR) is 98.2 cm³/mol. The van der Waals surface area contributed by atoms with Gasteiger partial charge in [0, 0.05) is 24.0 Å². The highest BCUT2D eigenvalue weighted by Crippen LogP contribution is 2.37. The third kappa shape index (κ3) is 2.84. The quantitative estimate of drug-likeness (QED) is 0.601. The van der Waals surface area contributed by atoms with Crippen molar-refractivity contribution >= 4 is 30.3 Å². The zero-order chi connectivity index (χ0) is 20.4. The van der Waals surface area contributed by atoms with Crippen LogP contribution < -0.4 is 10.8 Å². The largest absolute Gasteiger partial charge is 0.497 e. The fourth-order valence-electron chi connectivity index (χ4n) is 3.76. The maximum Gasteiger partial charge on any atom is 0.497 e. The van der Waals surface area contributed by atoms with E-state index in [-0.39, 0.29) is 36.3 Å². The Morgan fingerprint density at radius 1 is 1.14 bits per heavy atom. The van der Waals surface area contributed by atoms with E-state index in [1.54, 1.807) is 6.07 Å². The van der Waals surface area contributed by atoms with Crippen LogP contribution in [0.3, 0.4) is 0 Å². The molecule has 4 rings (SSSR count). The van der Waals surface area contributed by atoms with Crippen LogP contribution in [0.5, 0.6) is 0 Å². The average Bonchev–Trinajstić information content (AvgIpc) is 3.00. The number of nitrogens with zero attached hydrogens (tertiary/aromatic N) is 1. The van der Waals surface area contributed by atoms with Gasteiger partial charge in [0.25, 0.3) is 5.91 Å². The second kappa shape index (κ2) is 6.12. The van der Waals surface area contributed by atoms with Gasteiger partial charge >= 0.3 is 7.12 Å². The number of amides is 3. The highest BCUT2D eigenvalue weighted by Gasteiger charge is 2.53. The van der Waals surface area contributed by atoms with Gasteiger partial charge in [-0.3, -0.25) is 19.7 Å². The normalized spacial score (nSPS) is 25.9. The van der Waals surface area contributed by atoms with Crippen LogP contribution in [-0.2, 0) is 25.4 Å². The van der Waals surface area contributed by atoms with Gasteiger partial charge in [0.15, 0.2) is 0 Å². The van der Waals surface area contributed by atoms with E-state index in [0.717, 1.165) is 0 Å². The lowest BCUT2D eigenvalue weighted by molar-refractivity contribution is -0.136. The van der Waals surface area contributed by atoms with E-state index in [1.165, 1.54) is 11.0 Å². The van der Waals surface area contributed by atoms with Gasteiger partial charge in [-0.2, -0.15) is 0 Å². The number of rotatable bonds is 2. The number of benzene rings is 1. The van der Waals surface area contributed by atoms with Crippen LogP contribution >= 0.6 is 0 Å². The molecule has 3 aliphatic heterocycles. The van der Waals surface area contributed by atoms with E-state index >= 15 is 0 Å². The van der Waals surface area contributed by atoms with Gasteiger partial charge in [-0.25, -0.2) is 4.39 Å². The number of fused-ring (bicyclic) bond motifs is 1. The number of piperidine rings is 1. The Bertz CT molecular complexity index is 885. The van der Waals surface area contributed by atoms with Crippen molar-refractivity contribution in [2.24, 2.45) is 0 Å². The molecule has 0 aromatic heterocycles. The summed E-state index contributed by atoms with van der Waals surface area (Å²) in [5.41, 5.74) is -0.159. The summed E-state index contributed by atoms with van der Waals surface area (Å²) < 4.78 is 26.7. The molecule has 1 aromatic carbocycles. The molecule has 1 aromatic rings. The number of carbonyl (C=O) groups is 3. The minimum Gasteiger partial charge on any atom is -0.399 e. The smallest absolute Gasteiger partial charge is 0.399 e. The molecule has 2 fully saturated rings. The summed E-state index contributed by atoms with van der Waals surface area (Å²) in [6, 6.07) is 2.03. The zero-order valence-corrected chi connectivity index (χ0v) is 16.3. The summed E-state index contributed by atoms with van der Waals surface area (Å²) in [6.45, 7) is 7.70. The van der Waals surface area contributed by atoms with Gasteiger partial charge in [0.2, 0.25) is 11.8 Å². The number of nitrogens with one attached hydrogen (secondary N) is 1. The lowest BCUT2D eigenvalue weighted by Crippen LogP contribution is -2.52. The van der Waals surface area contributed by atoms with Crippen molar-refractivity contribution in [1.82, 2.24) is 10.2 Å². The van der Waals surface area contributed by atoms with E-state index < -0.39 is 42.0 Å². The van der Waals surface area contributed by atoms with Gasteiger partial charge in [-0.1, -0.05) is 6.07 Å². The number of carbonyl (C=O) groups excluding carboxylic acids is 3. The molecular formula is C19H22BFN2O5. The van der Waals surface area contributed by atoms with E-state index in [4.69, 9.17) is 9.31 Å². The Kier molecular flexibility index (Phi) is 4.17. The standard InChI is InChI=1S/C19H22BFN2O5/c1-18(2)19(3,4)28-20(27-18)12-7-10-9-23(17(26)11(10)8-13(12)21)14-5-6-15(24)22-16(14)25/h7-8,14H,5-6,9H2,1-4H3,(H,22,24,25). The third-order valence-corrected chi connectivity index (χ3v) is 6.15. The lowest BCUT2D eigenvalue weighted by Gasteiger charge is -2.32. The average molecular weight is 388 g/mol. The van der Waals surface area contributed by atoms with Crippen molar-refractivity contribution in [2.75, 3.05) is 0 Å². The Hall–Kier alpha value is -2.26. The molecule has 28 heavy (non-hydrogen) atoms. The molecule has 3 aliphatic rings. The molecule has 3 amide bonds. The summed E-state index contributed by atoms with van der Waals surface area (Å²) in [5.74, 6) is -1.84. The summed E-state index contributed by atoms with van der Waals surface area (Å²) in [7, 11) is -0.880. The Morgan fingerprint density at radius 3 is 2.39 bits per heavy atom. The predicted octanol–water partition coefficient (Wildman–Crippen LogP) is 0.886. The molecule has 0 radical (unpaired) electrons. The molecule has 148 valence electrons. The Morgan fingerprint density at radius 2 is 1.79 bits per heavy atom. The van der Waals surface area contributed by atoms with Crippen molar-refractivity contribution < 1.29 is 28.1 Å². The van der Waals surface area contributed by atoms with Gasteiger partial charge in [0.05, 0.1) is 11.2 Å². The second-order valence-electron chi connectivity index (χ2n) is 8.52.